The SMILES string of the molecule is Cc1cc(NC(=O)CCCC(=O)O)on1. The van der Waals surface area contributed by atoms with Crippen LogP contribution in [0.15, 0.2) is 10.6 Å². The van der Waals surface area contributed by atoms with Crippen LogP contribution in [0.4, 0.5) is 5.88 Å². The molecule has 82 valence electrons. The number of nitrogens with zero attached hydrogens (tertiary/aromatic N) is 1. The summed E-state index contributed by atoms with van der Waals surface area (Å²) in [6, 6.07) is 1.59. The molecule has 0 aliphatic carbocycles. The normalized spacial score (nSPS) is 9.93. The molecular formula is C9H12N2O4. The van der Waals surface area contributed by atoms with Crippen molar-refractivity contribution in [2.24, 2.45) is 0 Å². The average Bonchev–Trinajstić information content (AvgIpc) is 2.50. The Morgan fingerprint density at radius 3 is 2.80 bits per heavy atom. The lowest BCUT2D eigenvalue weighted by atomic mass is 10.2. The Labute approximate surface area is 86.3 Å². The monoisotopic (exact) mass is 212 g/mol. The first-order valence-electron chi connectivity index (χ1n) is 4.53. The van der Waals surface area contributed by atoms with Gasteiger partial charge in [0.1, 0.15) is 0 Å². The number of hydrogen-bond acceptors (Lipinski definition) is 4. The van der Waals surface area contributed by atoms with Crippen LogP contribution in [0.1, 0.15) is 25.0 Å². The number of aromatic nitrogens is 1. The lowest BCUT2D eigenvalue weighted by molar-refractivity contribution is -0.137. The maximum Gasteiger partial charge on any atom is 0.303 e. The Kier molecular flexibility index (Phi) is 3.84. The van der Waals surface area contributed by atoms with Crippen molar-refractivity contribution in [2.75, 3.05) is 5.32 Å². The highest BCUT2D eigenvalue weighted by Crippen LogP contribution is 2.09. The molecule has 1 aromatic heterocycles. The van der Waals surface area contributed by atoms with E-state index in [9.17, 15) is 9.59 Å². The van der Waals surface area contributed by atoms with E-state index in [2.05, 4.69) is 10.5 Å². The van der Waals surface area contributed by atoms with E-state index in [0.29, 0.717) is 12.1 Å². The largest absolute Gasteiger partial charge is 0.481 e. The Bertz CT molecular complexity index is 359. The molecule has 0 fully saturated rings. The molecule has 1 heterocycles. The van der Waals surface area contributed by atoms with E-state index >= 15 is 0 Å². The number of aryl methyl sites for hydroxylation is 1. The third-order valence-corrected chi connectivity index (χ3v) is 1.69. The molecular weight excluding hydrogens is 200 g/mol. The van der Waals surface area contributed by atoms with Gasteiger partial charge >= 0.3 is 5.97 Å². The van der Waals surface area contributed by atoms with Gasteiger partial charge in [0.2, 0.25) is 11.8 Å². The highest BCUT2D eigenvalue weighted by molar-refractivity contribution is 5.89. The fourth-order valence-corrected chi connectivity index (χ4v) is 1.02. The van der Waals surface area contributed by atoms with Gasteiger partial charge in [-0.2, -0.15) is 0 Å². The zero-order valence-electron chi connectivity index (χ0n) is 8.32. The smallest absolute Gasteiger partial charge is 0.303 e. The number of anilines is 1. The lowest BCUT2D eigenvalue weighted by Gasteiger charge is -1.98. The van der Waals surface area contributed by atoms with Crippen molar-refractivity contribution in [2.45, 2.75) is 26.2 Å². The van der Waals surface area contributed by atoms with Crippen LogP contribution in [0.25, 0.3) is 0 Å². The molecule has 0 aromatic carbocycles. The Balaban J connectivity index is 2.27. The number of carboxylic acids is 1. The molecule has 0 aliphatic heterocycles. The fourth-order valence-electron chi connectivity index (χ4n) is 1.02. The Hall–Kier alpha value is -1.85. The molecule has 1 rings (SSSR count). The summed E-state index contributed by atoms with van der Waals surface area (Å²) in [5.74, 6) is -0.890. The summed E-state index contributed by atoms with van der Waals surface area (Å²) in [5, 5.41) is 14.4. The summed E-state index contributed by atoms with van der Waals surface area (Å²) in [4.78, 5) is 21.4. The van der Waals surface area contributed by atoms with Crippen LogP contribution >= 0.6 is 0 Å². The maximum absolute atomic E-state index is 11.2. The Morgan fingerprint density at radius 1 is 1.53 bits per heavy atom. The second kappa shape index (κ2) is 5.14. The van der Waals surface area contributed by atoms with E-state index in [1.807, 2.05) is 0 Å². The van der Waals surface area contributed by atoms with Gasteiger partial charge in [0.25, 0.3) is 0 Å². The molecule has 0 radical (unpaired) electrons. The predicted octanol–water partition coefficient (Wildman–Crippen LogP) is 1.18. The predicted molar refractivity (Wildman–Crippen MR) is 51.4 cm³/mol. The number of carboxylic acid groups (broad SMARTS) is 1. The maximum atomic E-state index is 11.2. The number of carbonyl (C=O) groups is 2. The molecule has 0 aliphatic rings. The van der Waals surface area contributed by atoms with Crippen molar-refractivity contribution in [1.82, 2.24) is 5.16 Å². The van der Waals surface area contributed by atoms with Crippen LogP contribution in [-0.2, 0) is 9.59 Å². The molecule has 1 aromatic rings. The van der Waals surface area contributed by atoms with Crippen LogP contribution in [0, 0.1) is 6.92 Å². The zero-order valence-corrected chi connectivity index (χ0v) is 8.32. The number of carbonyl (C=O) groups excluding carboxylic acids is 1. The van der Waals surface area contributed by atoms with Crippen molar-refractivity contribution >= 4 is 17.8 Å². The zero-order chi connectivity index (χ0) is 11.3. The van der Waals surface area contributed by atoms with Crippen molar-refractivity contribution in [1.29, 1.82) is 0 Å². The lowest BCUT2D eigenvalue weighted by Crippen LogP contribution is -2.11. The van der Waals surface area contributed by atoms with Crippen LogP contribution in [0.5, 0.6) is 0 Å². The van der Waals surface area contributed by atoms with Gasteiger partial charge in [-0.15, -0.1) is 0 Å². The molecule has 0 spiro atoms. The fraction of sp³-hybridized carbons (Fsp3) is 0.444. The van der Waals surface area contributed by atoms with E-state index in [1.165, 1.54) is 0 Å². The highest BCUT2D eigenvalue weighted by Gasteiger charge is 2.07. The molecule has 0 bridgehead atoms. The van der Waals surface area contributed by atoms with Gasteiger partial charge in [-0.3, -0.25) is 14.9 Å². The van der Waals surface area contributed by atoms with Crippen LogP contribution in [0.3, 0.4) is 0 Å². The number of hydrogen-bond donors (Lipinski definition) is 2. The van der Waals surface area contributed by atoms with Crippen molar-refractivity contribution < 1.29 is 19.2 Å². The second-order valence-electron chi connectivity index (χ2n) is 3.13. The Morgan fingerprint density at radius 2 is 2.27 bits per heavy atom. The van der Waals surface area contributed by atoms with E-state index in [0.717, 1.165) is 0 Å². The van der Waals surface area contributed by atoms with Crippen LogP contribution in [0.2, 0.25) is 0 Å². The standard InChI is InChI=1S/C9H12N2O4/c1-6-5-8(15-11-6)10-7(12)3-2-4-9(13)14/h5H,2-4H2,1H3,(H,10,12)(H,13,14). The molecule has 6 nitrogen and oxygen atoms in total. The van der Waals surface area contributed by atoms with Gasteiger partial charge in [0, 0.05) is 18.9 Å². The van der Waals surface area contributed by atoms with Gasteiger partial charge in [-0.1, -0.05) is 5.16 Å². The van der Waals surface area contributed by atoms with Crippen molar-refractivity contribution in [3.8, 4) is 0 Å². The van der Waals surface area contributed by atoms with Crippen LogP contribution < -0.4 is 5.32 Å². The molecule has 0 saturated carbocycles. The number of nitrogens with one attached hydrogen (secondary N) is 1. The van der Waals surface area contributed by atoms with Gasteiger partial charge in [-0.25, -0.2) is 0 Å². The minimum Gasteiger partial charge on any atom is -0.481 e. The first-order chi connectivity index (χ1) is 7.08. The topological polar surface area (TPSA) is 92.4 Å². The minimum atomic E-state index is -0.904. The van der Waals surface area contributed by atoms with E-state index in [4.69, 9.17) is 9.63 Å². The summed E-state index contributed by atoms with van der Waals surface area (Å²) in [7, 11) is 0. The average molecular weight is 212 g/mol. The molecule has 0 unspecified atom stereocenters. The first-order valence-corrected chi connectivity index (χ1v) is 4.53. The third-order valence-electron chi connectivity index (χ3n) is 1.69. The highest BCUT2D eigenvalue weighted by atomic mass is 16.5. The molecule has 2 N–H and O–H groups in total. The summed E-state index contributed by atoms with van der Waals surface area (Å²) < 4.78 is 4.76. The summed E-state index contributed by atoms with van der Waals surface area (Å²) in [5.41, 5.74) is 0.677. The molecule has 15 heavy (non-hydrogen) atoms. The second-order valence-corrected chi connectivity index (χ2v) is 3.13. The van der Waals surface area contributed by atoms with E-state index in [1.54, 1.807) is 13.0 Å². The molecule has 0 saturated heterocycles. The first kappa shape index (κ1) is 11.2. The quantitative estimate of drug-likeness (QED) is 0.764. The number of amides is 1. The number of aliphatic carboxylic acids is 1. The van der Waals surface area contributed by atoms with Gasteiger partial charge in [0.05, 0.1) is 5.69 Å². The summed E-state index contributed by atoms with van der Waals surface area (Å²) in [6.07, 6.45) is 0.461. The van der Waals surface area contributed by atoms with Crippen molar-refractivity contribution in [3.63, 3.8) is 0 Å². The van der Waals surface area contributed by atoms with Crippen molar-refractivity contribution in [3.05, 3.63) is 11.8 Å². The van der Waals surface area contributed by atoms with Gasteiger partial charge in [0.15, 0.2) is 0 Å². The molecule has 6 heteroatoms. The third kappa shape index (κ3) is 4.26. The van der Waals surface area contributed by atoms with Crippen LogP contribution in [-0.4, -0.2) is 22.1 Å². The van der Waals surface area contributed by atoms with Gasteiger partial charge < -0.3 is 9.63 Å². The van der Waals surface area contributed by atoms with Gasteiger partial charge in [-0.05, 0) is 13.3 Å². The van der Waals surface area contributed by atoms with E-state index in [-0.39, 0.29) is 24.6 Å². The minimum absolute atomic E-state index is 0.0111. The molecule has 1 amide bonds. The molecule has 0 atom stereocenters. The summed E-state index contributed by atoms with van der Waals surface area (Å²) >= 11 is 0. The van der Waals surface area contributed by atoms with E-state index < -0.39 is 5.97 Å². The summed E-state index contributed by atoms with van der Waals surface area (Å²) in [6.45, 7) is 1.74. The number of rotatable bonds is 5.